The number of esters is 1. The van der Waals surface area contributed by atoms with Crippen LogP contribution in [0, 0.1) is 6.92 Å². The van der Waals surface area contributed by atoms with E-state index in [0.717, 1.165) is 41.5 Å². The standard InChI is InChI=1S/C21H27F3N2O4.C2H6/c1-13-10-15(29-9-8-28-2)6-7-16(13)18(14-4-3-5-14)12-30-20(27)17(19(25)26)11-21(22,23)24;1-2/h6-7,10H,3-5,8-9,11-12,25-26H2,1-2H3;1-2H3. The summed E-state index contributed by atoms with van der Waals surface area (Å²) in [6.45, 7) is 6.61. The lowest BCUT2D eigenvalue weighted by atomic mass is 9.84. The number of rotatable bonds is 9. The van der Waals surface area contributed by atoms with Crippen LogP contribution in [-0.4, -0.2) is 39.1 Å². The molecule has 0 amide bonds. The second kappa shape index (κ2) is 13.0. The van der Waals surface area contributed by atoms with Gasteiger partial charge in [-0.3, -0.25) is 0 Å². The summed E-state index contributed by atoms with van der Waals surface area (Å²) >= 11 is 0. The van der Waals surface area contributed by atoms with Gasteiger partial charge in [-0.05, 0) is 55.0 Å². The zero-order valence-electron chi connectivity index (χ0n) is 19.1. The van der Waals surface area contributed by atoms with Crippen LogP contribution in [0.5, 0.6) is 5.75 Å². The molecule has 2 rings (SSSR count). The van der Waals surface area contributed by atoms with Gasteiger partial charge in [-0.2, -0.15) is 13.2 Å². The number of carbonyl (C=O) groups is 1. The van der Waals surface area contributed by atoms with Crippen LogP contribution in [0.3, 0.4) is 0 Å². The van der Waals surface area contributed by atoms with E-state index in [1.807, 2.05) is 32.9 Å². The second-order valence-electron chi connectivity index (χ2n) is 7.06. The number of ether oxygens (including phenoxy) is 3. The Bertz CT molecular complexity index is 823. The number of allylic oxidation sites excluding steroid dienone is 1. The molecule has 1 aromatic carbocycles. The van der Waals surface area contributed by atoms with E-state index in [1.165, 1.54) is 0 Å². The average molecular weight is 459 g/mol. The summed E-state index contributed by atoms with van der Waals surface area (Å²) in [5.41, 5.74) is 13.4. The average Bonchev–Trinajstić information content (AvgIpc) is 2.69. The van der Waals surface area contributed by atoms with Crippen molar-refractivity contribution in [1.29, 1.82) is 0 Å². The monoisotopic (exact) mass is 458 g/mol. The van der Waals surface area contributed by atoms with Crippen molar-refractivity contribution in [1.82, 2.24) is 0 Å². The van der Waals surface area contributed by atoms with Gasteiger partial charge in [0.15, 0.2) is 0 Å². The first-order valence-electron chi connectivity index (χ1n) is 10.5. The predicted octanol–water partition coefficient (Wildman–Crippen LogP) is 4.61. The highest BCUT2D eigenvalue weighted by atomic mass is 19.4. The molecule has 0 bridgehead atoms. The summed E-state index contributed by atoms with van der Waals surface area (Å²) in [6.07, 6.45) is -3.44. The Kier molecular flexibility index (Phi) is 11.1. The Morgan fingerprint density at radius 1 is 1.12 bits per heavy atom. The maximum Gasteiger partial charge on any atom is 0.393 e. The van der Waals surface area contributed by atoms with Crippen molar-refractivity contribution in [2.75, 3.05) is 26.9 Å². The fraction of sp³-hybridized carbons (Fsp3) is 0.522. The first-order chi connectivity index (χ1) is 15.1. The highest BCUT2D eigenvalue weighted by Gasteiger charge is 2.33. The minimum absolute atomic E-state index is 0.159. The molecule has 0 aromatic heterocycles. The Balaban J connectivity index is 0.00000249. The molecule has 0 saturated heterocycles. The molecule has 1 aliphatic carbocycles. The maximum atomic E-state index is 12.7. The SMILES string of the molecule is CC.COCCOc1ccc(C(COC(=O)C(CC(F)(F)F)=C(N)N)=C2CCC2)c(C)c1. The van der Waals surface area contributed by atoms with Gasteiger partial charge >= 0.3 is 12.1 Å². The molecule has 0 spiro atoms. The largest absolute Gasteiger partial charge is 0.491 e. The van der Waals surface area contributed by atoms with Crippen LogP contribution >= 0.6 is 0 Å². The third kappa shape index (κ3) is 8.45. The highest BCUT2D eigenvalue weighted by Crippen LogP contribution is 2.36. The first kappa shape index (κ1) is 27.4. The lowest BCUT2D eigenvalue weighted by Gasteiger charge is -2.24. The van der Waals surface area contributed by atoms with Crippen LogP contribution in [0.4, 0.5) is 13.2 Å². The van der Waals surface area contributed by atoms with E-state index in [2.05, 4.69) is 0 Å². The molecular weight excluding hydrogens is 425 g/mol. The summed E-state index contributed by atoms with van der Waals surface area (Å²) in [6, 6.07) is 5.51. The molecule has 1 fully saturated rings. The fourth-order valence-corrected chi connectivity index (χ4v) is 3.05. The van der Waals surface area contributed by atoms with E-state index in [-0.39, 0.29) is 6.61 Å². The van der Waals surface area contributed by atoms with E-state index in [4.69, 9.17) is 25.7 Å². The molecule has 1 aromatic rings. The molecular formula is C23H33F3N2O4. The summed E-state index contributed by atoms with van der Waals surface area (Å²) in [5.74, 6) is -1.18. The Morgan fingerprint density at radius 2 is 1.78 bits per heavy atom. The van der Waals surface area contributed by atoms with Gasteiger partial charge in [0.1, 0.15) is 24.8 Å². The Labute approximate surface area is 187 Å². The zero-order chi connectivity index (χ0) is 24.3. The summed E-state index contributed by atoms with van der Waals surface area (Å²) in [7, 11) is 1.59. The minimum atomic E-state index is -4.62. The first-order valence-corrected chi connectivity index (χ1v) is 10.5. The molecule has 9 heteroatoms. The van der Waals surface area contributed by atoms with Crippen molar-refractivity contribution in [3.8, 4) is 5.75 Å². The number of carbonyl (C=O) groups excluding carboxylic acids is 1. The molecule has 0 unspecified atom stereocenters. The topological polar surface area (TPSA) is 96.8 Å². The van der Waals surface area contributed by atoms with Crippen molar-refractivity contribution in [2.45, 2.75) is 52.6 Å². The van der Waals surface area contributed by atoms with E-state index in [9.17, 15) is 18.0 Å². The number of alkyl halides is 3. The van der Waals surface area contributed by atoms with Crippen molar-refractivity contribution in [2.24, 2.45) is 11.5 Å². The summed E-state index contributed by atoms with van der Waals surface area (Å²) in [4.78, 5) is 12.2. The minimum Gasteiger partial charge on any atom is -0.491 e. The second-order valence-corrected chi connectivity index (χ2v) is 7.06. The zero-order valence-corrected chi connectivity index (χ0v) is 19.1. The number of hydrogen-bond donors (Lipinski definition) is 2. The van der Waals surface area contributed by atoms with E-state index < -0.39 is 30.0 Å². The number of methoxy groups -OCH3 is 1. The molecule has 32 heavy (non-hydrogen) atoms. The van der Waals surface area contributed by atoms with E-state index >= 15 is 0 Å². The molecule has 6 nitrogen and oxygen atoms in total. The lowest BCUT2D eigenvalue weighted by Crippen LogP contribution is -2.24. The third-order valence-electron chi connectivity index (χ3n) is 4.78. The van der Waals surface area contributed by atoms with Crippen molar-refractivity contribution < 1.29 is 32.2 Å². The Morgan fingerprint density at radius 3 is 2.25 bits per heavy atom. The van der Waals surface area contributed by atoms with Crippen LogP contribution in [0.1, 0.15) is 50.7 Å². The van der Waals surface area contributed by atoms with Gasteiger partial charge < -0.3 is 25.7 Å². The van der Waals surface area contributed by atoms with Crippen molar-refractivity contribution >= 4 is 11.5 Å². The van der Waals surface area contributed by atoms with Gasteiger partial charge in [-0.25, -0.2) is 4.79 Å². The molecule has 0 aliphatic heterocycles. The molecule has 0 radical (unpaired) electrons. The van der Waals surface area contributed by atoms with Crippen molar-refractivity contribution in [3.63, 3.8) is 0 Å². The van der Waals surface area contributed by atoms with E-state index in [1.54, 1.807) is 13.2 Å². The van der Waals surface area contributed by atoms with Crippen LogP contribution in [0.2, 0.25) is 0 Å². The molecule has 0 atom stereocenters. The quantitative estimate of drug-likeness (QED) is 0.319. The number of nitrogens with two attached hydrogens (primary N) is 2. The van der Waals surface area contributed by atoms with Gasteiger partial charge in [0.2, 0.25) is 0 Å². The van der Waals surface area contributed by atoms with Crippen LogP contribution in [-0.2, 0) is 14.3 Å². The van der Waals surface area contributed by atoms with Crippen LogP contribution in [0.15, 0.2) is 35.2 Å². The highest BCUT2D eigenvalue weighted by molar-refractivity contribution is 5.90. The summed E-state index contributed by atoms with van der Waals surface area (Å²) < 4.78 is 53.8. The van der Waals surface area contributed by atoms with Gasteiger partial charge in [0.25, 0.3) is 0 Å². The number of benzene rings is 1. The molecule has 1 aliphatic rings. The Hall–Kier alpha value is -2.68. The van der Waals surface area contributed by atoms with E-state index in [0.29, 0.717) is 19.0 Å². The number of aryl methyl sites for hydroxylation is 1. The van der Waals surface area contributed by atoms with Gasteiger partial charge in [-0.15, -0.1) is 0 Å². The molecule has 4 N–H and O–H groups in total. The fourth-order valence-electron chi connectivity index (χ4n) is 3.05. The van der Waals surface area contributed by atoms with Crippen LogP contribution < -0.4 is 16.2 Å². The van der Waals surface area contributed by atoms with Gasteiger partial charge in [0.05, 0.1) is 18.6 Å². The predicted molar refractivity (Wildman–Crippen MR) is 118 cm³/mol. The van der Waals surface area contributed by atoms with Crippen molar-refractivity contribution in [3.05, 3.63) is 46.3 Å². The van der Waals surface area contributed by atoms with Gasteiger partial charge in [-0.1, -0.05) is 25.5 Å². The lowest BCUT2D eigenvalue weighted by molar-refractivity contribution is -0.146. The molecule has 1 saturated carbocycles. The third-order valence-corrected chi connectivity index (χ3v) is 4.78. The number of hydrogen-bond acceptors (Lipinski definition) is 6. The molecule has 0 heterocycles. The number of halogens is 3. The molecule has 180 valence electrons. The normalized spacial score (nSPS) is 12.8. The maximum absolute atomic E-state index is 12.7. The van der Waals surface area contributed by atoms with Gasteiger partial charge in [0, 0.05) is 7.11 Å². The smallest absolute Gasteiger partial charge is 0.393 e. The van der Waals surface area contributed by atoms with Crippen LogP contribution in [0.25, 0.3) is 5.57 Å². The summed E-state index contributed by atoms with van der Waals surface area (Å²) in [5, 5.41) is 0.